The van der Waals surface area contributed by atoms with Gasteiger partial charge in [0, 0.05) is 12.2 Å². The lowest BCUT2D eigenvalue weighted by molar-refractivity contribution is -0.137. The predicted octanol–water partition coefficient (Wildman–Crippen LogP) is 2.17. The van der Waals surface area contributed by atoms with Crippen molar-refractivity contribution in [2.45, 2.75) is 25.0 Å². The van der Waals surface area contributed by atoms with E-state index in [-0.39, 0.29) is 5.75 Å². The van der Waals surface area contributed by atoms with Crippen LogP contribution in [0.2, 0.25) is 0 Å². The van der Waals surface area contributed by atoms with Crippen LogP contribution in [0.15, 0.2) is 11.9 Å². The van der Waals surface area contributed by atoms with Gasteiger partial charge in [0.05, 0.1) is 5.25 Å². The number of allylic oxidation sites excluding steroid dienone is 1. The molecule has 1 atom stereocenters. The zero-order chi connectivity index (χ0) is 14.1. The molecule has 2 N–H and O–H groups in total. The number of nitrogens with one attached hydrogen (secondary N) is 1. The number of aliphatic carboxylic acids is 1. The number of carboxylic acids is 1. The lowest BCUT2D eigenvalue weighted by Gasteiger charge is -2.13. The zero-order valence-corrected chi connectivity index (χ0v) is 10.5. The Bertz CT molecular complexity index is 332. The highest BCUT2D eigenvalue weighted by atomic mass is 32.2. The third-order valence-corrected chi connectivity index (χ3v) is 3.31. The monoisotopic (exact) mass is 285 g/mol. The van der Waals surface area contributed by atoms with Crippen LogP contribution in [0.1, 0.15) is 19.8 Å². The predicted molar refractivity (Wildman–Crippen MR) is 62.1 cm³/mol. The summed E-state index contributed by atoms with van der Waals surface area (Å²) < 4.78 is 36.0. The average Bonchev–Trinajstić information content (AvgIpc) is 2.31. The molecule has 0 aromatic carbocycles. The maximum Gasteiger partial charge on any atom is 0.322 e. The Morgan fingerprint density at radius 2 is 1.94 bits per heavy atom. The summed E-state index contributed by atoms with van der Waals surface area (Å²) in [4.78, 5) is 21.7. The molecule has 104 valence electrons. The van der Waals surface area contributed by atoms with Crippen molar-refractivity contribution in [3.05, 3.63) is 11.9 Å². The van der Waals surface area contributed by atoms with Gasteiger partial charge in [-0.15, -0.1) is 11.8 Å². The van der Waals surface area contributed by atoms with Gasteiger partial charge in [0.25, 0.3) is 0 Å². The summed E-state index contributed by atoms with van der Waals surface area (Å²) in [5.74, 6) is -3.11. The molecule has 0 heterocycles. The van der Waals surface area contributed by atoms with Crippen molar-refractivity contribution >= 4 is 23.6 Å². The summed E-state index contributed by atoms with van der Waals surface area (Å²) in [5, 5.41) is 9.98. The summed E-state index contributed by atoms with van der Waals surface area (Å²) >= 11 is 1.01. The van der Waals surface area contributed by atoms with Crippen molar-refractivity contribution < 1.29 is 27.9 Å². The van der Waals surface area contributed by atoms with E-state index in [1.54, 1.807) is 6.92 Å². The summed E-state index contributed by atoms with van der Waals surface area (Å²) in [6.07, 6.45) is -2.39. The molecule has 0 aliphatic rings. The second-order valence-corrected chi connectivity index (χ2v) is 4.61. The van der Waals surface area contributed by atoms with Gasteiger partial charge >= 0.3 is 12.0 Å². The maximum absolute atomic E-state index is 12.5. The van der Waals surface area contributed by atoms with Crippen molar-refractivity contribution in [3.8, 4) is 0 Å². The van der Waals surface area contributed by atoms with E-state index in [9.17, 15) is 22.8 Å². The highest BCUT2D eigenvalue weighted by Gasteiger charge is 2.17. The number of thioether (sulfide) groups is 1. The highest BCUT2D eigenvalue weighted by Crippen LogP contribution is 2.20. The number of carbonyl (C=O) groups excluding carboxylic acids is 1. The van der Waals surface area contributed by atoms with Gasteiger partial charge in [-0.3, -0.25) is 9.59 Å². The van der Waals surface area contributed by atoms with Gasteiger partial charge < -0.3 is 10.4 Å². The zero-order valence-electron chi connectivity index (χ0n) is 9.71. The summed E-state index contributed by atoms with van der Waals surface area (Å²) in [6, 6.07) is 0. The van der Waals surface area contributed by atoms with Crippen LogP contribution >= 0.6 is 11.8 Å². The molecule has 0 aliphatic heterocycles. The number of carbonyl (C=O) groups is 2. The first-order valence-corrected chi connectivity index (χ1v) is 6.24. The number of amides is 1. The largest absolute Gasteiger partial charge is 0.480 e. The summed E-state index contributed by atoms with van der Waals surface area (Å²) in [6.45, 7) is 1.20. The molecule has 1 amide bonds. The molecular formula is C10H14F3NO3S. The second-order valence-electron chi connectivity index (χ2n) is 3.29. The van der Waals surface area contributed by atoms with E-state index in [1.807, 2.05) is 0 Å². The minimum absolute atomic E-state index is 0.0299. The Morgan fingerprint density at radius 1 is 1.33 bits per heavy atom. The SMILES string of the molecule is CC[C@H](SCCC(F)=C(F)F)C(=O)NCC(=O)O. The fraction of sp³-hybridized carbons (Fsp3) is 0.600. The Labute approximate surface area is 107 Å². The van der Waals surface area contributed by atoms with E-state index in [4.69, 9.17) is 5.11 Å². The van der Waals surface area contributed by atoms with Crippen LogP contribution in [-0.2, 0) is 9.59 Å². The van der Waals surface area contributed by atoms with E-state index >= 15 is 0 Å². The molecule has 0 radical (unpaired) electrons. The molecule has 0 bridgehead atoms. The first-order chi connectivity index (χ1) is 8.38. The molecule has 0 aromatic heterocycles. The van der Waals surface area contributed by atoms with Gasteiger partial charge in [0.1, 0.15) is 6.54 Å². The number of hydrogen-bond acceptors (Lipinski definition) is 3. The van der Waals surface area contributed by atoms with Crippen LogP contribution in [-0.4, -0.2) is 34.5 Å². The molecule has 8 heteroatoms. The van der Waals surface area contributed by atoms with E-state index in [2.05, 4.69) is 5.32 Å². The number of halogens is 3. The topological polar surface area (TPSA) is 66.4 Å². The Kier molecular flexibility index (Phi) is 8.27. The third kappa shape index (κ3) is 7.21. The standard InChI is InChI=1S/C10H14F3NO3S/c1-2-7(10(17)14-5-8(15)16)18-4-3-6(11)9(12)13/h7H,2-5H2,1H3,(H,14,17)(H,15,16)/t7-/m0/s1. The molecule has 0 aromatic rings. The van der Waals surface area contributed by atoms with Crippen LogP contribution in [0.5, 0.6) is 0 Å². The lowest BCUT2D eigenvalue weighted by Crippen LogP contribution is -2.36. The Morgan fingerprint density at radius 3 is 2.39 bits per heavy atom. The molecule has 4 nitrogen and oxygen atoms in total. The van der Waals surface area contributed by atoms with Crippen LogP contribution in [0.3, 0.4) is 0 Å². The quantitative estimate of drug-likeness (QED) is 0.717. The molecule has 0 spiro atoms. The van der Waals surface area contributed by atoms with Gasteiger partial charge in [-0.1, -0.05) is 6.92 Å². The van der Waals surface area contributed by atoms with Crippen LogP contribution in [0, 0.1) is 0 Å². The first kappa shape index (κ1) is 16.8. The fourth-order valence-corrected chi connectivity index (χ4v) is 2.09. The number of carboxylic acid groups (broad SMARTS) is 1. The molecule has 0 aliphatic carbocycles. The molecule has 18 heavy (non-hydrogen) atoms. The van der Waals surface area contributed by atoms with Gasteiger partial charge in [0.2, 0.25) is 5.91 Å². The van der Waals surface area contributed by atoms with Crippen LogP contribution < -0.4 is 5.32 Å². The summed E-state index contributed by atoms with van der Waals surface area (Å²) in [7, 11) is 0. The van der Waals surface area contributed by atoms with E-state index in [0.717, 1.165) is 11.8 Å². The van der Waals surface area contributed by atoms with Crippen molar-refractivity contribution in [3.63, 3.8) is 0 Å². The average molecular weight is 285 g/mol. The van der Waals surface area contributed by atoms with Gasteiger partial charge in [-0.05, 0) is 6.42 Å². The normalized spacial score (nSPS) is 11.8. The molecular weight excluding hydrogens is 271 g/mol. The van der Waals surface area contributed by atoms with E-state index in [0.29, 0.717) is 6.42 Å². The van der Waals surface area contributed by atoms with Crippen molar-refractivity contribution in [1.82, 2.24) is 5.32 Å². The van der Waals surface area contributed by atoms with Crippen LogP contribution in [0.25, 0.3) is 0 Å². The van der Waals surface area contributed by atoms with Crippen LogP contribution in [0.4, 0.5) is 13.2 Å². The maximum atomic E-state index is 12.5. The second kappa shape index (κ2) is 8.84. The molecule has 0 fully saturated rings. The molecule has 0 saturated carbocycles. The first-order valence-electron chi connectivity index (χ1n) is 5.19. The Hall–Kier alpha value is -1.18. The molecule has 0 rings (SSSR count). The van der Waals surface area contributed by atoms with Crippen molar-refractivity contribution in [2.24, 2.45) is 0 Å². The van der Waals surface area contributed by atoms with Crippen molar-refractivity contribution in [2.75, 3.05) is 12.3 Å². The highest BCUT2D eigenvalue weighted by molar-refractivity contribution is 8.00. The van der Waals surface area contributed by atoms with Gasteiger partial charge in [-0.25, -0.2) is 4.39 Å². The lowest BCUT2D eigenvalue weighted by atomic mass is 10.3. The number of rotatable bonds is 8. The number of hydrogen-bond donors (Lipinski definition) is 2. The molecule has 0 saturated heterocycles. The van der Waals surface area contributed by atoms with Gasteiger partial charge in [-0.2, -0.15) is 8.78 Å². The van der Waals surface area contributed by atoms with E-state index < -0.39 is 42.0 Å². The Balaban J connectivity index is 4.07. The van der Waals surface area contributed by atoms with Gasteiger partial charge in [0.15, 0.2) is 5.83 Å². The fourth-order valence-electron chi connectivity index (χ4n) is 1.04. The smallest absolute Gasteiger partial charge is 0.322 e. The molecule has 0 unspecified atom stereocenters. The van der Waals surface area contributed by atoms with E-state index in [1.165, 1.54) is 0 Å². The summed E-state index contributed by atoms with van der Waals surface area (Å²) in [5.41, 5.74) is 0. The van der Waals surface area contributed by atoms with Crippen molar-refractivity contribution in [1.29, 1.82) is 0 Å². The minimum atomic E-state index is -2.35. The minimum Gasteiger partial charge on any atom is -0.480 e. The third-order valence-electron chi connectivity index (χ3n) is 1.92.